The van der Waals surface area contributed by atoms with Gasteiger partial charge in [-0.05, 0) is 42.2 Å². The zero-order chi connectivity index (χ0) is 17.9. The van der Waals surface area contributed by atoms with E-state index in [4.69, 9.17) is 4.74 Å². The molecule has 1 aliphatic carbocycles. The monoisotopic (exact) mass is 344 g/mol. The third-order valence-corrected chi connectivity index (χ3v) is 5.84. The highest BCUT2D eigenvalue weighted by atomic mass is 16.5. The number of hydrogen-bond acceptors (Lipinski definition) is 4. The van der Waals surface area contributed by atoms with E-state index in [1.54, 1.807) is 6.20 Å². The van der Waals surface area contributed by atoms with Crippen molar-refractivity contribution >= 4 is 11.9 Å². The van der Waals surface area contributed by atoms with Crippen molar-refractivity contribution < 1.29 is 14.3 Å². The maximum atomic E-state index is 13.2. The average Bonchev–Trinajstić information content (AvgIpc) is 3.22. The molecule has 2 aliphatic rings. The summed E-state index contributed by atoms with van der Waals surface area (Å²) < 4.78 is 4.88. The first-order chi connectivity index (χ1) is 12.0. The standard InChI is InChI=1S/C20H28N2O3/c1-15-10-17(16-6-5-9-21-13-16)22(14-15)18(23)11-20(7-3-4-8-20)12-19(24)25-2/h5-6,9,13,15,17H,3-4,7-8,10-12,14H2,1-2H3. The number of carbonyl (C=O) groups excluding carboxylic acids is 2. The quantitative estimate of drug-likeness (QED) is 0.767. The molecule has 1 aromatic heterocycles. The first-order valence-electron chi connectivity index (χ1n) is 9.29. The summed E-state index contributed by atoms with van der Waals surface area (Å²) >= 11 is 0. The molecule has 0 bridgehead atoms. The van der Waals surface area contributed by atoms with E-state index < -0.39 is 0 Å². The number of nitrogens with zero attached hydrogens (tertiary/aromatic N) is 2. The Balaban J connectivity index is 1.75. The molecule has 3 rings (SSSR count). The lowest BCUT2D eigenvalue weighted by molar-refractivity contribution is -0.144. The summed E-state index contributed by atoms with van der Waals surface area (Å²) in [7, 11) is 1.42. The van der Waals surface area contributed by atoms with Crippen LogP contribution in [0.4, 0.5) is 0 Å². The Labute approximate surface area is 149 Å². The van der Waals surface area contributed by atoms with Crippen LogP contribution in [-0.4, -0.2) is 35.4 Å². The molecule has 1 aromatic rings. The molecule has 0 spiro atoms. The van der Waals surface area contributed by atoms with Crippen molar-refractivity contribution in [2.24, 2.45) is 11.3 Å². The van der Waals surface area contributed by atoms with E-state index in [2.05, 4.69) is 18.0 Å². The van der Waals surface area contributed by atoms with Gasteiger partial charge in [-0.1, -0.05) is 25.8 Å². The number of rotatable bonds is 5. The summed E-state index contributed by atoms with van der Waals surface area (Å²) in [6.07, 6.45) is 9.47. The van der Waals surface area contributed by atoms with Gasteiger partial charge < -0.3 is 9.64 Å². The van der Waals surface area contributed by atoms with Gasteiger partial charge in [0.25, 0.3) is 0 Å². The molecule has 2 fully saturated rings. The second-order valence-electron chi connectivity index (χ2n) is 7.83. The van der Waals surface area contributed by atoms with Crippen molar-refractivity contribution in [2.75, 3.05) is 13.7 Å². The van der Waals surface area contributed by atoms with Gasteiger partial charge in [-0.3, -0.25) is 14.6 Å². The molecule has 0 N–H and O–H groups in total. The van der Waals surface area contributed by atoms with Crippen LogP contribution >= 0.6 is 0 Å². The lowest BCUT2D eigenvalue weighted by Crippen LogP contribution is -2.36. The molecule has 1 aliphatic heterocycles. The van der Waals surface area contributed by atoms with E-state index in [0.717, 1.165) is 44.2 Å². The zero-order valence-corrected chi connectivity index (χ0v) is 15.2. The minimum absolute atomic E-state index is 0.104. The number of amides is 1. The number of methoxy groups -OCH3 is 1. The first kappa shape index (κ1) is 17.9. The van der Waals surface area contributed by atoms with Crippen LogP contribution in [0, 0.1) is 11.3 Å². The Morgan fingerprint density at radius 1 is 1.32 bits per heavy atom. The van der Waals surface area contributed by atoms with Gasteiger partial charge >= 0.3 is 5.97 Å². The number of aromatic nitrogens is 1. The molecule has 1 saturated heterocycles. The van der Waals surface area contributed by atoms with Crippen LogP contribution in [0.5, 0.6) is 0 Å². The lowest BCUT2D eigenvalue weighted by atomic mass is 9.79. The normalized spacial score (nSPS) is 25.1. The fourth-order valence-corrected chi connectivity index (χ4v) is 4.55. The van der Waals surface area contributed by atoms with Gasteiger partial charge in [0.2, 0.25) is 5.91 Å². The molecule has 0 radical (unpaired) electrons. The fourth-order valence-electron chi connectivity index (χ4n) is 4.55. The third-order valence-electron chi connectivity index (χ3n) is 5.84. The van der Waals surface area contributed by atoms with E-state index in [-0.39, 0.29) is 23.3 Å². The predicted molar refractivity (Wildman–Crippen MR) is 94.6 cm³/mol. The highest BCUT2D eigenvalue weighted by Gasteiger charge is 2.42. The van der Waals surface area contributed by atoms with Gasteiger partial charge in [0.05, 0.1) is 19.6 Å². The summed E-state index contributed by atoms with van der Waals surface area (Å²) in [5.74, 6) is 0.451. The van der Waals surface area contributed by atoms with Crippen molar-refractivity contribution in [1.82, 2.24) is 9.88 Å². The Kier molecular flexibility index (Phi) is 5.40. The van der Waals surface area contributed by atoms with Crippen LogP contribution < -0.4 is 0 Å². The Morgan fingerprint density at radius 2 is 2.08 bits per heavy atom. The van der Waals surface area contributed by atoms with Gasteiger partial charge in [0.15, 0.2) is 0 Å². The van der Waals surface area contributed by atoms with Crippen LogP contribution in [0.15, 0.2) is 24.5 Å². The summed E-state index contributed by atoms with van der Waals surface area (Å²) in [6.45, 7) is 2.98. The van der Waals surface area contributed by atoms with Crippen molar-refractivity contribution in [3.63, 3.8) is 0 Å². The Bertz CT molecular complexity index is 611. The van der Waals surface area contributed by atoms with Crippen LogP contribution in [0.25, 0.3) is 0 Å². The third kappa shape index (κ3) is 4.02. The molecule has 2 unspecified atom stereocenters. The van der Waals surface area contributed by atoms with Crippen LogP contribution in [0.3, 0.4) is 0 Å². The van der Waals surface area contributed by atoms with Gasteiger partial charge in [-0.25, -0.2) is 0 Å². The molecule has 0 aromatic carbocycles. The second-order valence-corrected chi connectivity index (χ2v) is 7.83. The fraction of sp³-hybridized carbons (Fsp3) is 0.650. The number of hydrogen-bond donors (Lipinski definition) is 0. The molecule has 2 atom stereocenters. The smallest absolute Gasteiger partial charge is 0.306 e. The van der Waals surface area contributed by atoms with E-state index >= 15 is 0 Å². The van der Waals surface area contributed by atoms with Gasteiger partial charge in [-0.2, -0.15) is 0 Å². The highest BCUT2D eigenvalue weighted by Crippen LogP contribution is 2.46. The molecular formula is C20H28N2O3. The van der Waals surface area contributed by atoms with Crippen molar-refractivity contribution in [3.05, 3.63) is 30.1 Å². The molecule has 25 heavy (non-hydrogen) atoms. The number of esters is 1. The molecule has 136 valence electrons. The number of pyridine rings is 1. The van der Waals surface area contributed by atoms with Crippen LogP contribution in [0.2, 0.25) is 0 Å². The van der Waals surface area contributed by atoms with Gasteiger partial charge in [0.1, 0.15) is 0 Å². The highest BCUT2D eigenvalue weighted by molar-refractivity contribution is 5.79. The minimum Gasteiger partial charge on any atom is -0.469 e. The van der Waals surface area contributed by atoms with Crippen LogP contribution in [-0.2, 0) is 14.3 Å². The maximum absolute atomic E-state index is 13.2. The molecular weight excluding hydrogens is 316 g/mol. The lowest BCUT2D eigenvalue weighted by Gasteiger charge is -2.32. The van der Waals surface area contributed by atoms with Gasteiger partial charge in [0, 0.05) is 25.4 Å². The summed E-state index contributed by atoms with van der Waals surface area (Å²) in [5, 5.41) is 0. The Morgan fingerprint density at radius 3 is 2.72 bits per heavy atom. The van der Waals surface area contributed by atoms with Crippen molar-refractivity contribution in [1.29, 1.82) is 0 Å². The molecule has 2 heterocycles. The average molecular weight is 344 g/mol. The molecule has 1 saturated carbocycles. The summed E-state index contributed by atoms with van der Waals surface area (Å²) in [6, 6.07) is 4.08. The van der Waals surface area contributed by atoms with Crippen LogP contribution in [0.1, 0.15) is 63.5 Å². The summed E-state index contributed by atoms with van der Waals surface area (Å²) in [4.78, 5) is 31.2. The summed E-state index contributed by atoms with van der Waals surface area (Å²) in [5.41, 5.74) is 0.892. The topological polar surface area (TPSA) is 59.5 Å². The number of carbonyl (C=O) groups is 2. The maximum Gasteiger partial charge on any atom is 0.306 e. The van der Waals surface area contributed by atoms with E-state index in [1.807, 2.05) is 17.2 Å². The number of ether oxygens (including phenoxy) is 1. The SMILES string of the molecule is COC(=O)CC1(CC(=O)N2CC(C)CC2c2cccnc2)CCCC1. The second kappa shape index (κ2) is 7.54. The van der Waals surface area contributed by atoms with E-state index in [1.165, 1.54) is 7.11 Å². The largest absolute Gasteiger partial charge is 0.469 e. The first-order valence-corrected chi connectivity index (χ1v) is 9.29. The molecule has 5 heteroatoms. The molecule has 5 nitrogen and oxygen atoms in total. The number of likely N-dealkylation sites (tertiary alicyclic amines) is 1. The zero-order valence-electron chi connectivity index (χ0n) is 15.2. The minimum atomic E-state index is -0.213. The van der Waals surface area contributed by atoms with E-state index in [9.17, 15) is 9.59 Å². The van der Waals surface area contributed by atoms with Crippen molar-refractivity contribution in [2.45, 2.75) is 57.9 Å². The van der Waals surface area contributed by atoms with Gasteiger partial charge in [-0.15, -0.1) is 0 Å². The van der Waals surface area contributed by atoms with Crippen molar-refractivity contribution in [3.8, 4) is 0 Å². The Hall–Kier alpha value is -1.91. The molecule has 1 amide bonds. The van der Waals surface area contributed by atoms with E-state index in [0.29, 0.717) is 18.8 Å². The predicted octanol–water partition coefficient (Wildman–Crippen LogP) is 3.50.